The number of halogens is 1. The third-order valence-corrected chi connectivity index (χ3v) is 3.04. The third-order valence-electron chi connectivity index (χ3n) is 2.27. The molecule has 0 atom stereocenters. The predicted octanol–water partition coefficient (Wildman–Crippen LogP) is 2.58. The van der Waals surface area contributed by atoms with Crippen LogP contribution in [0.3, 0.4) is 0 Å². The Morgan fingerprint density at radius 2 is 1.85 bits per heavy atom. The smallest absolute Gasteiger partial charge is 0.324 e. The summed E-state index contributed by atoms with van der Waals surface area (Å²) in [6, 6.07) is 8.05. The van der Waals surface area contributed by atoms with Crippen molar-refractivity contribution in [2.75, 3.05) is 5.73 Å². The Hall–Kier alpha value is -1.89. The number of rotatable bonds is 5. The molecule has 0 saturated heterocycles. The first kappa shape index (κ1) is 14.5. The van der Waals surface area contributed by atoms with Gasteiger partial charge in [0.25, 0.3) is 0 Å². The zero-order chi connectivity index (χ0) is 14.5. The lowest BCUT2D eigenvalue weighted by molar-refractivity contribution is 0.211. The number of ether oxygens (including phenoxy) is 2. The van der Waals surface area contributed by atoms with E-state index in [1.54, 1.807) is 0 Å². The molecule has 20 heavy (non-hydrogen) atoms. The molecule has 0 aliphatic heterocycles. The van der Waals surface area contributed by atoms with Crippen molar-refractivity contribution < 1.29 is 9.47 Å². The molecule has 2 aromatic rings. The van der Waals surface area contributed by atoms with Gasteiger partial charge in [-0.25, -0.2) is 0 Å². The van der Waals surface area contributed by atoms with Crippen molar-refractivity contribution in [2.24, 2.45) is 0 Å². The van der Waals surface area contributed by atoms with Gasteiger partial charge in [0.15, 0.2) is 0 Å². The number of nitrogens with zero attached hydrogens (tertiary/aromatic N) is 3. The summed E-state index contributed by atoms with van der Waals surface area (Å²) in [5.41, 5.74) is 6.59. The maximum Gasteiger partial charge on any atom is 0.324 e. The van der Waals surface area contributed by atoms with E-state index < -0.39 is 0 Å². The van der Waals surface area contributed by atoms with Crippen molar-refractivity contribution >= 4 is 21.9 Å². The summed E-state index contributed by atoms with van der Waals surface area (Å²) in [6.45, 7) is 4.08. The molecule has 0 aliphatic carbocycles. The summed E-state index contributed by atoms with van der Waals surface area (Å²) >= 11 is 3.45. The summed E-state index contributed by atoms with van der Waals surface area (Å²) in [6.07, 6.45) is -0.0482. The van der Waals surface area contributed by atoms with E-state index >= 15 is 0 Å². The third kappa shape index (κ3) is 4.06. The van der Waals surface area contributed by atoms with Crippen LogP contribution in [0.5, 0.6) is 12.0 Å². The molecule has 1 aromatic heterocycles. The van der Waals surface area contributed by atoms with Gasteiger partial charge in [0, 0.05) is 10.0 Å². The fraction of sp³-hybridized carbons (Fsp3) is 0.308. The van der Waals surface area contributed by atoms with Crippen molar-refractivity contribution in [2.45, 2.75) is 26.6 Å². The van der Waals surface area contributed by atoms with Crippen LogP contribution < -0.4 is 15.2 Å². The van der Waals surface area contributed by atoms with Gasteiger partial charge >= 0.3 is 12.0 Å². The average molecular weight is 339 g/mol. The normalized spacial score (nSPS) is 10.6. The summed E-state index contributed by atoms with van der Waals surface area (Å²) in [4.78, 5) is 11.9. The lowest BCUT2D eigenvalue weighted by Gasteiger charge is -2.10. The van der Waals surface area contributed by atoms with Crippen molar-refractivity contribution in [3.05, 3.63) is 34.3 Å². The van der Waals surface area contributed by atoms with E-state index in [0.717, 1.165) is 10.0 Å². The van der Waals surface area contributed by atoms with Crippen molar-refractivity contribution in [1.29, 1.82) is 0 Å². The van der Waals surface area contributed by atoms with Crippen LogP contribution in [-0.2, 0) is 6.61 Å². The highest BCUT2D eigenvalue weighted by Gasteiger charge is 2.09. The van der Waals surface area contributed by atoms with Gasteiger partial charge in [-0.1, -0.05) is 34.1 Å². The average Bonchev–Trinajstić information content (AvgIpc) is 2.36. The Morgan fingerprint density at radius 3 is 2.55 bits per heavy atom. The topological polar surface area (TPSA) is 83.2 Å². The number of aromatic nitrogens is 3. The van der Waals surface area contributed by atoms with E-state index in [9.17, 15) is 0 Å². The minimum absolute atomic E-state index is 0.0482. The molecule has 0 fully saturated rings. The molecule has 1 aromatic carbocycles. The summed E-state index contributed by atoms with van der Waals surface area (Å²) < 4.78 is 11.9. The van der Waals surface area contributed by atoms with Gasteiger partial charge in [0.05, 0.1) is 6.10 Å². The number of hydrogen-bond donors (Lipinski definition) is 1. The standard InChI is InChI=1S/C13H15BrN4O2/c1-8(2)20-13-17-11(15)16-12(18-13)19-7-9-5-3-4-6-10(9)14/h3-6,8H,7H2,1-2H3,(H2,15,16,17,18). The second-order valence-electron chi connectivity index (χ2n) is 4.31. The number of nitrogens with two attached hydrogens (primary N) is 1. The molecule has 0 radical (unpaired) electrons. The molecule has 7 heteroatoms. The Bertz CT molecular complexity index is 592. The zero-order valence-corrected chi connectivity index (χ0v) is 12.8. The van der Waals surface area contributed by atoms with Gasteiger partial charge in [-0.2, -0.15) is 9.97 Å². The molecule has 0 spiro atoms. The molecule has 0 amide bonds. The molecule has 0 unspecified atom stereocenters. The van der Waals surface area contributed by atoms with Crippen molar-refractivity contribution in [3.8, 4) is 12.0 Å². The molecule has 1 heterocycles. The maximum absolute atomic E-state index is 5.60. The Labute approximate surface area is 125 Å². The van der Waals surface area contributed by atoms with Crippen LogP contribution in [0, 0.1) is 0 Å². The fourth-order valence-electron chi connectivity index (χ4n) is 1.44. The maximum atomic E-state index is 5.60. The fourth-order valence-corrected chi connectivity index (χ4v) is 1.84. The van der Waals surface area contributed by atoms with Crippen LogP contribution in [0.1, 0.15) is 19.4 Å². The van der Waals surface area contributed by atoms with E-state index in [-0.39, 0.29) is 24.1 Å². The Morgan fingerprint density at radius 1 is 1.15 bits per heavy atom. The first-order chi connectivity index (χ1) is 9.54. The van der Waals surface area contributed by atoms with E-state index in [1.807, 2.05) is 38.1 Å². The Kier molecular flexibility index (Phi) is 4.73. The summed E-state index contributed by atoms with van der Waals surface area (Å²) in [5, 5.41) is 0. The van der Waals surface area contributed by atoms with Gasteiger partial charge < -0.3 is 15.2 Å². The first-order valence-corrected chi connectivity index (χ1v) is 6.88. The molecule has 6 nitrogen and oxygen atoms in total. The molecule has 0 aliphatic rings. The van der Waals surface area contributed by atoms with Crippen LogP contribution in [0.15, 0.2) is 28.7 Å². The van der Waals surface area contributed by atoms with Crippen LogP contribution in [0.2, 0.25) is 0 Å². The van der Waals surface area contributed by atoms with Crippen molar-refractivity contribution in [3.63, 3.8) is 0 Å². The summed E-state index contributed by atoms with van der Waals surface area (Å²) in [5.74, 6) is 0.0674. The number of anilines is 1. The molecular weight excluding hydrogens is 324 g/mol. The highest BCUT2D eigenvalue weighted by molar-refractivity contribution is 9.10. The lowest BCUT2D eigenvalue weighted by Crippen LogP contribution is -2.11. The molecule has 0 bridgehead atoms. The SMILES string of the molecule is CC(C)Oc1nc(N)nc(OCc2ccccc2Br)n1. The van der Waals surface area contributed by atoms with Gasteiger partial charge in [-0.05, 0) is 19.9 Å². The van der Waals surface area contributed by atoms with Crippen LogP contribution in [0.25, 0.3) is 0 Å². The quantitative estimate of drug-likeness (QED) is 0.901. The highest BCUT2D eigenvalue weighted by Crippen LogP contribution is 2.18. The molecule has 0 saturated carbocycles. The van der Waals surface area contributed by atoms with Crippen molar-refractivity contribution in [1.82, 2.24) is 15.0 Å². The predicted molar refractivity (Wildman–Crippen MR) is 78.5 cm³/mol. The number of hydrogen-bond acceptors (Lipinski definition) is 6. The van der Waals surface area contributed by atoms with E-state index in [2.05, 4.69) is 30.9 Å². The largest absolute Gasteiger partial charge is 0.461 e. The van der Waals surface area contributed by atoms with Crippen LogP contribution >= 0.6 is 15.9 Å². The number of nitrogen functional groups attached to an aromatic ring is 1. The molecular formula is C13H15BrN4O2. The molecule has 2 N–H and O–H groups in total. The van der Waals surface area contributed by atoms with Crippen LogP contribution in [0.4, 0.5) is 5.95 Å². The summed E-state index contributed by atoms with van der Waals surface area (Å²) in [7, 11) is 0. The van der Waals surface area contributed by atoms with Gasteiger partial charge in [-0.15, -0.1) is 4.98 Å². The van der Waals surface area contributed by atoms with Gasteiger partial charge in [0.1, 0.15) is 6.61 Å². The lowest BCUT2D eigenvalue weighted by atomic mass is 10.2. The van der Waals surface area contributed by atoms with E-state index in [1.165, 1.54) is 0 Å². The minimum Gasteiger partial charge on any atom is -0.461 e. The first-order valence-electron chi connectivity index (χ1n) is 6.09. The van der Waals surface area contributed by atoms with E-state index in [0.29, 0.717) is 6.61 Å². The van der Waals surface area contributed by atoms with Gasteiger partial charge in [-0.3, -0.25) is 0 Å². The monoisotopic (exact) mass is 338 g/mol. The van der Waals surface area contributed by atoms with Gasteiger partial charge in [0.2, 0.25) is 5.95 Å². The van der Waals surface area contributed by atoms with Crippen LogP contribution in [-0.4, -0.2) is 21.1 Å². The van der Waals surface area contributed by atoms with E-state index in [4.69, 9.17) is 15.2 Å². The number of benzene rings is 1. The molecule has 106 valence electrons. The second-order valence-corrected chi connectivity index (χ2v) is 5.16. The minimum atomic E-state index is -0.0482. The zero-order valence-electron chi connectivity index (χ0n) is 11.2. The highest BCUT2D eigenvalue weighted by atomic mass is 79.9. The molecule has 2 rings (SSSR count). The second kappa shape index (κ2) is 6.51. The Balaban J connectivity index is 2.09.